The van der Waals surface area contributed by atoms with E-state index in [0.29, 0.717) is 10.6 Å². The molecule has 2 aromatic carbocycles. The van der Waals surface area contributed by atoms with Gasteiger partial charge in [0.1, 0.15) is 11.4 Å². The Kier molecular flexibility index (Phi) is 7.08. The molecule has 2 amide bonds. The number of hydrogen-bond donors (Lipinski definition) is 2. The molecule has 0 aliphatic rings. The maximum absolute atomic E-state index is 12.9. The molecule has 0 aliphatic heterocycles. The summed E-state index contributed by atoms with van der Waals surface area (Å²) in [6, 6.07) is 9.25. The number of amides is 2. The van der Waals surface area contributed by atoms with Crippen molar-refractivity contribution in [2.24, 2.45) is 5.41 Å². The molecule has 0 aliphatic carbocycles. The van der Waals surface area contributed by atoms with Gasteiger partial charge in [-0.1, -0.05) is 44.5 Å². The van der Waals surface area contributed by atoms with Gasteiger partial charge in [-0.3, -0.25) is 29.8 Å². The zero-order valence-electron chi connectivity index (χ0n) is 16.8. The monoisotopic (exact) mass is 446 g/mol. The van der Waals surface area contributed by atoms with Gasteiger partial charge >= 0.3 is 0 Å². The van der Waals surface area contributed by atoms with Gasteiger partial charge in [-0.05, 0) is 29.8 Å². The number of rotatable bonds is 6. The van der Waals surface area contributed by atoms with Crippen molar-refractivity contribution in [1.29, 1.82) is 0 Å². The SMILES string of the molecule is CC(C)(C)C(=O)N/C(=C/c1ccc(Cl)cc1)C(=O)Nc1ccc([N+](=O)[O-])cc1[N+](=O)[O-]. The van der Waals surface area contributed by atoms with Crippen LogP contribution in [0.25, 0.3) is 6.08 Å². The number of carbonyl (C=O) groups excluding carboxylic acids is 2. The lowest BCUT2D eigenvalue weighted by Crippen LogP contribution is -2.38. The number of hydrogen-bond acceptors (Lipinski definition) is 6. The lowest BCUT2D eigenvalue weighted by Gasteiger charge is -2.19. The Labute approximate surface area is 182 Å². The lowest BCUT2D eigenvalue weighted by atomic mass is 9.95. The molecule has 10 nitrogen and oxygen atoms in total. The van der Waals surface area contributed by atoms with Crippen LogP contribution in [0.3, 0.4) is 0 Å². The number of halogens is 1. The molecule has 31 heavy (non-hydrogen) atoms. The van der Waals surface area contributed by atoms with Crippen LogP contribution in [0.4, 0.5) is 17.1 Å². The van der Waals surface area contributed by atoms with Crippen LogP contribution in [-0.2, 0) is 9.59 Å². The third-order valence-corrected chi connectivity index (χ3v) is 4.24. The summed E-state index contributed by atoms with van der Waals surface area (Å²) in [5.41, 5.74) is -1.86. The Hall–Kier alpha value is -3.79. The van der Waals surface area contributed by atoms with Crippen LogP contribution in [-0.4, -0.2) is 21.7 Å². The molecule has 0 spiro atoms. The predicted molar refractivity (Wildman–Crippen MR) is 115 cm³/mol. The van der Waals surface area contributed by atoms with Crippen LogP contribution in [0, 0.1) is 25.6 Å². The third-order valence-electron chi connectivity index (χ3n) is 3.99. The molecule has 0 heterocycles. The average Bonchev–Trinajstić information content (AvgIpc) is 2.68. The Morgan fingerprint density at radius 1 is 1.00 bits per heavy atom. The summed E-state index contributed by atoms with van der Waals surface area (Å²) in [5.74, 6) is -1.30. The van der Waals surface area contributed by atoms with Gasteiger partial charge in [0.25, 0.3) is 17.3 Å². The molecular weight excluding hydrogens is 428 g/mol. The van der Waals surface area contributed by atoms with Crippen molar-refractivity contribution in [2.45, 2.75) is 20.8 Å². The summed E-state index contributed by atoms with van der Waals surface area (Å²) < 4.78 is 0. The van der Waals surface area contributed by atoms with Gasteiger partial charge in [-0.25, -0.2) is 0 Å². The zero-order chi connectivity index (χ0) is 23.3. The van der Waals surface area contributed by atoms with Crippen molar-refractivity contribution in [3.05, 3.63) is 79.0 Å². The quantitative estimate of drug-likeness (QED) is 0.384. The lowest BCUT2D eigenvalue weighted by molar-refractivity contribution is -0.393. The highest BCUT2D eigenvalue weighted by atomic mass is 35.5. The first-order valence-electron chi connectivity index (χ1n) is 8.91. The standard InChI is InChI=1S/C20H19ClN4O6/c1-20(2,3)19(27)23-16(10-12-4-6-13(21)7-5-12)18(26)22-15-9-8-14(24(28)29)11-17(15)25(30)31/h4-11H,1-3H3,(H,22,26)(H,23,27)/b16-10+. The summed E-state index contributed by atoms with van der Waals surface area (Å²) in [7, 11) is 0. The van der Waals surface area contributed by atoms with E-state index in [1.165, 1.54) is 6.08 Å². The highest BCUT2D eigenvalue weighted by Crippen LogP contribution is 2.29. The van der Waals surface area contributed by atoms with Gasteiger partial charge in [-0.2, -0.15) is 0 Å². The largest absolute Gasteiger partial charge is 0.321 e. The van der Waals surface area contributed by atoms with Crippen LogP contribution in [0.5, 0.6) is 0 Å². The van der Waals surface area contributed by atoms with Gasteiger partial charge in [0.2, 0.25) is 5.91 Å². The number of anilines is 1. The van der Waals surface area contributed by atoms with Crippen LogP contribution in [0.15, 0.2) is 48.2 Å². The molecule has 2 rings (SSSR count). The highest BCUT2D eigenvalue weighted by molar-refractivity contribution is 6.30. The number of benzene rings is 2. The second-order valence-corrected chi connectivity index (χ2v) is 7.92. The zero-order valence-corrected chi connectivity index (χ0v) is 17.6. The van der Waals surface area contributed by atoms with Gasteiger partial charge in [-0.15, -0.1) is 0 Å². The molecule has 0 radical (unpaired) electrons. The Morgan fingerprint density at radius 2 is 1.61 bits per heavy atom. The topological polar surface area (TPSA) is 144 Å². The number of nitro benzene ring substituents is 2. The van der Waals surface area contributed by atoms with Crippen molar-refractivity contribution in [3.8, 4) is 0 Å². The Morgan fingerprint density at radius 3 is 2.13 bits per heavy atom. The number of carbonyl (C=O) groups is 2. The first kappa shape index (κ1) is 23.5. The molecule has 0 unspecified atom stereocenters. The minimum atomic E-state index is -0.848. The molecule has 162 valence electrons. The van der Waals surface area contributed by atoms with E-state index < -0.39 is 38.5 Å². The van der Waals surface area contributed by atoms with Crippen molar-refractivity contribution in [2.75, 3.05) is 5.32 Å². The van der Waals surface area contributed by atoms with Gasteiger partial charge in [0, 0.05) is 16.5 Å². The second kappa shape index (κ2) is 9.35. The van der Waals surface area contributed by atoms with Crippen LogP contribution in [0.2, 0.25) is 5.02 Å². The van der Waals surface area contributed by atoms with Crippen molar-refractivity contribution in [1.82, 2.24) is 5.32 Å². The first-order valence-corrected chi connectivity index (χ1v) is 9.29. The first-order chi connectivity index (χ1) is 14.4. The maximum Gasteiger partial charge on any atom is 0.299 e. The molecule has 11 heteroatoms. The van der Waals surface area contributed by atoms with E-state index >= 15 is 0 Å². The third kappa shape index (κ3) is 6.34. The molecule has 2 aromatic rings. The smallest absolute Gasteiger partial charge is 0.299 e. The van der Waals surface area contributed by atoms with E-state index in [2.05, 4.69) is 10.6 Å². The van der Waals surface area contributed by atoms with Crippen molar-refractivity contribution in [3.63, 3.8) is 0 Å². The van der Waals surface area contributed by atoms with Crippen LogP contribution >= 0.6 is 11.6 Å². The fourth-order valence-corrected chi connectivity index (χ4v) is 2.40. The molecule has 0 bridgehead atoms. The van der Waals surface area contributed by atoms with E-state index in [-0.39, 0.29) is 11.4 Å². The van der Waals surface area contributed by atoms with E-state index in [1.807, 2.05) is 0 Å². The molecule has 0 aromatic heterocycles. The normalized spacial score (nSPS) is 11.5. The van der Waals surface area contributed by atoms with Gasteiger partial charge in [0.15, 0.2) is 0 Å². The van der Waals surface area contributed by atoms with E-state index in [1.54, 1.807) is 45.0 Å². The molecular formula is C20H19ClN4O6. The summed E-state index contributed by atoms with van der Waals surface area (Å²) in [5, 5.41) is 27.5. The van der Waals surface area contributed by atoms with E-state index in [0.717, 1.165) is 18.2 Å². The van der Waals surface area contributed by atoms with Crippen molar-refractivity contribution >= 4 is 46.6 Å². The maximum atomic E-state index is 12.9. The minimum Gasteiger partial charge on any atom is -0.321 e. The molecule has 0 saturated heterocycles. The number of nitrogens with zero attached hydrogens (tertiary/aromatic N) is 2. The molecule has 0 fully saturated rings. The van der Waals surface area contributed by atoms with Crippen LogP contribution in [0.1, 0.15) is 26.3 Å². The molecule has 0 saturated carbocycles. The number of nitro groups is 2. The highest BCUT2D eigenvalue weighted by Gasteiger charge is 2.26. The Balaban J connectivity index is 2.43. The average molecular weight is 447 g/mol. The minimum absolute atomic E-state index is 0.171. The van der Waals surface area contributed by atoms with Crippen LogP contribution < -0.4 is 10.6 Å². The van der Waals surface area contributed by atoms with E-state index in [9.17, 15) is 29.8 Å². The summed E-state index contributed by atoms with van der Waals surface area (Å²) in [6.45, 7) is 4.96. The molecule has 0 atom stereocenters. The number of non-ortho nitro benzene ring substituents is 1. The summed E-state index contributed by atoms with van der Waals surface area (Å²) in [6.07, 6.45) is 1.38. The van der Waals surface area contributed by atoms with Crippen molar-refractivity contribution < 1.29 is 19.4 Å². The molecule has 2 N–H and O–H groups in total. The second-order valence-electron chi connectivity index (χ2n) is 7.48. The fourth-order valence-electron chi connectivity index (χ4n) is 2.27. The fraction of sp³-hybridized carbons (Fsp3) is 0.200. The predicted octanol–water partition coefficient (Wildman–Crippen LogP) is 4.30. The summed E-state index contributed by atoms with van der Waals surface area (Å²) >= 11 is 5.86. The van der Waals surface area contributed by atoms with Gasteiger partial charge in [0.05, 0.1) is 15.9 Å². The van der Waals surface area contributed by atoms with Gasteiger partial charge < -0.3 is 10.6 Å². The number of nitrogens with one attached hydrogen (secondary N) is 2. The summed E-state index contributed by atoms with van der Waals surface area (Å²) in [4.78, 5) is 45.9. The van der Waals surface area contributed by atoms with E-state index in [4.69, 9.17) is 11.6 Å². The Bertz CT molecular complexity index is 1070.